The number of phenolic OH excluding ortho intramolecular Hbond substituents is 2. The predicted molar refractivity (Wildman–Crippen MR) is 217 cm³/mol. The molecule has 3 aromatic rings. The number of hydrogen-bond donors (Lipinski definition) is 6. The van der Waals surface area contributed by atoms with Crippen LogP contribution < -0.4 is 21.9 Å². The first-order chi connectivity index (χ1) is 24.3. The molecule has 0 saturated carbocycles. The van der Waals surface area contributed by atoms with Crippen LogP contribution in [0, 0.1) is 0 Å². The lowest BCUT2D eigenvalue weighted by Gasteiger charge is -2.18. The van der Waals surface area contributed by atoms with Gasteiger partial charge in [0, 0.05) is 36.6 Å². The monoisotopic (exact) mass is 785 g/mol. The van der Waals surface area contributed by atoms with Gasteiger partial charge in [-0.15, -0.1) is 24.8 Å². The molecule has 15 heteroatoms. The number of aromatic hydroxyl groups is 2. The Morgan fingerprint density at radius 2 is 1.21 bits per heavy atom. The Kier molecular flexibility index (Phi) is 27.5. The van der Waals surface area contributed by atoms with Crippen LogP contribution in [0.25, 0.3) is 0 Å². The van der Waals surface area contributed by atoms with Crippen molar-refractivity contribution in [1.29, 1.82) is 0 Å². The fourth-order valence-corrected chi connectivity index (χ4v) is 4.46. The second-order valence-electron chi connectivity index (χ2n) is 11.6. The first kappa shape index (κ1) is 51.1. The molecule has 0 fully saturated rings. The Balaban J connectivity index is 0. The molecule has 0 aliphatic heterocycles. The molecule has 0 aliphatic rings. The number of carbonyl (C=O) groups is 2. The molecule has 300 valence electrons. The third kappa shape index (κ3) is 19.6. The standard InChI is InChI=1S/C16H26N2O3.C13H20N2O2.C9H13NO3.2ClH/c1-4-10-20-15-12-13(17)7-8-14(15)16(19)21-11-9-18(5-2)6-3;1-3-15(4-2)9-10-17-13(16)11-5-7-12(14)8-6-11;1-5(10)9(13)6-2-3-7(11)8(12)4-6;;/h7-8,12H,4-6,9-11,17H2,1-3H3;5-8H,3-4,9-10,14H2,1-2H3;2-5,9,11-13H,10H2,1H3;2*1H/t;;5-,9-;;/m..0../s1. The van der Waals surface area contributed by atoms with Gasteiger partial charge in [-0.3, -0.25) is 0 Å². The number of likely N-dealkylation sites (N-methyl/N-ethyl adjacent to an activating group) is 2. The van der Waals surface area contributed by atoms with Crippen LogP contribution in [0.4, 0.5) is 11.4 Å². The van der Waals surface area contributed by atoms with E-state index in [4.69, 9.17) is 41.6 Å². The van der Waals surface area contributed by atoms with E-state index in [-0.39, 0.29) is 48.3 Å². The van der Waals surface area contributed by atoms with Gasteiger partial charge in [-0.2, -0.15) is 0 Å². The quantitative estimate of drug-likeness (QED) is 0.0557. The van der Waals surface area contributed by atoms with E-state index in [0.717, 1.165) is 45.7 Å². The molecule has 0 spiro atoms. The van der Waals surface area contributed by atoms with Gasteiger partial charge in [-0.25, -0.2) is 9.59 Å². The highest BCUT2D eigenvalue weighted by Crippen LogP contribution is 2.28. The van der Waals surface area contributed by atoms with Crippen LogP contribution in [0.15, 0.2) is 60.7 Å². The van der Waals surface area contributed by atoms with Crippen LogP contribution in [0.1, 0.15) is 80.3 Å². The fourth-order valence-electron chi connectivity index (χ4n) is 4.46. The number of anilines is 2. The maximum Gasteiger partial charge on any atom is 0.341 e. The Morgan fingerprint density at radius 3 is 1.68 bits per heavy atom. The summed E-state index contributed by atoms with van der Waals surface area (Å²) in [6, 6.07) is 15.5. The lowest BCUT2D eigenvalue weighted by atomic mass is 10.0. The Labute approximate surface area is 327 Å². The van der Waals surface area contributed by atoms with Gasteiger partial charge in [-0.1, -0.05) is 40.7 Å². The van der Waals surface area contributed by atoms with Gasteiger partial charge in [0.05, 0.1) is 18.3 Å². The number of phenols is 2. The zero-order valence-corrected chi connectivity index (χ0v) is 33.5. The highest BCUT2D eigenvalue weighted by Gasteiger charge is 2.16. The van der Waals surface area contributed by atoms with E-state index in [2.05, 4.69) is 37.5 Å². The number of nitrogens with two attached hydrogens (primary N) is 3. The second kappa shape index (κ2) is 28.5. The van der Waals surface area contributed by atoms with Crippen LogP contribution in [-0.4, -0.2) is 102 Å². The number of carbonyl (C=O) groups excluding carboxylic acids is 2. The van der Waals surface area contributed by atoms with Crippen molar-refractivity contribution >= 4 is 48.1 Å². The van der Waals surface area contributed by atoms with Gasteiger partial charge in [0.1, 0.15) is 24.5 Å². The average molecular weight is 787 g/mol. The van der Waals surface area contributed by atoms with Gasteiger partial charge in [0.15, 0.2) is 11.5 Å². The third-order valence-corrected chi connectivity index (χ3v) is 7.74. The van der Waals surface area contributed by atoms with Crippen molar-refractivity contribution in [3.8, 4) is 17.2 Å². The number of nitrogens with zero attached hydrogens (tertiary/aromatic N) is 2. The van der Waals surface area contributed by atoms with Crippen LogP contribution in [0.3, 0.4) is 0 Å². The predicted octanol–water partition coefficient (Wildman–Crippen LogP) is 5.65. The van der Waals surface area contributed by atoms with Gasteiger partial charge >= 0.3 is 11.9 Å². The normalized spacial score (nSPS) is 11.4. The number of aliphatic hydroxyl groups excluding tert-OH is 1. The summed E-state index contributed by atoms with van der Waals surface area (Å²) in [6.45, 7) is 18.7. The minimum absolute atomic E-state index is 0. The number of rotatable bonds is 17. The van der Waals surface area contributed by atoms with E-state index >= 15 is 0 Å². The summed E-state index contributed by atoms with van der Waals surface area (Å²) < 4.78 is 16.1. The molecular formula is C38H61Cl2N5O8. The van der Waals surface area contributed by atoms with Gasteiger partial charge < -0.3 is 56.5 Å². The van der Waals surface area contributed by atoms with E-state index < -0.39 is 12.1 Å². The summed E-state index contributed by atoms with van der Waals surface area (Å²) >= 11 is 0. The Bertz CT molecular complexity index is 1440. The van der Waals surface area contributed by atoms with Crippen molar-refractivity contribution in [3.05, 3.63) is 77.4 Å². The van der Waals surface area contributed by atoms with E-state index in [0.29, 0.717) is 53.6 Å². The zero-order chi connectivity index (χ0) is 38.3. The molecule has 0 unspecified atom stereocenters. The number of nitrogen functional groups attached to an aromatic ring is 2. The van der Waals surface area contributed by atoms with Crippen molar-refractivity contribution in [3.63, 3.8) is 0 Å². The minimum atomic E-state index is -0.827. The molecule has 0 radical (unpaired) electrons. The van der Waals surface area contributed by atoms with E-state index in [1.165, 1.54) is 18.2 Å². The second-order valence-corrected chi connectivity index (χ2v) is 11.6. The van der Waals surface area contributed by atoms with Gasteiger partial charge in [0.2, 0.25) is 0 Å². The molecule has 0 saturated heterocycles. The highest BCUT2D eigenvalue weighted by atomic mass is 35.5. The van der Waals surface area contributed by atoms with Crippen molar-refractivity contribution in [2.45, 2.75) is 60.1 Å². The first-order valence-corrected chi connectivity index (χ1v) is 17.4. The van der Waals surface area contributed by atoms with Crippen LogP contribution in [-0.2, 0) is 9.47 Å². The topological polar surface area (TPSA) is 207 Å². The van der Waals surface area contributed by atoms with E-state index in [1.54, 1.807) is 49.4 Å². The minimum Gasteiger partial charge on any atom is -0.504 e. The Hall–Kier alpha value is -3.98. The molecule has 13 nitrogen and oxygen atoms in total. The lowest BCUT2D eigenvalue weighted by Crippen LogP contribution is -2.28. The highest BCUT2D eigenvalue weighted by molar-refractivity contribution is 5.93. The molecule has 2 atom stereocenters. The van der Waals surface area contributed by atoms with Crippen molar-refractivity contribution in [1.82, 2.24) is 9.80 Å². The first-order valence-electron chi connectivity index (χ1n) is 17.4. The summed E-state index contributed by atoms with van der Waals surface area (Å²) in [5.41, 5.74) is 19.4. The van der Waals surface area contributed by atoms with Crippen molar-refractivity contribution < 1.29 is 39.1 Å². The van der Waals surface area contributed by atoms with E-state index in [9.17, 15) is 14.7 Å². The third-order valence-electron chi connectivity index (χ3n) is 7.74. The average Bonchev–Trinajstić information content (AvgIpc) is 3.12. The van der Waals surface area contributed by atoms with Crippen LogP contribution in [0.2, 0.25) is 0 Å². The maximum atomic E-state index is 12.1. The number of halogens is 2. The molecule has 0 heterocycles. The summed E-state index contributed by atoms with van der Waals surface area (Å²) in [5, 5.41) is 27.6. The molecular weight excluding hydrogens is 725 g/mol. The van der Waals surface area contributed by atoms with Crippen molar-refractivity contribution in [2.24, 2.45) is 5.73 Å². The molecule has 0 amide bonds. The van der Waals surface area contributed by atoms with Crippen LogP contribution >= 0.6 is 24.8 Å². The smallest absolute Gasteiger partial charge is 0.341 e. The molecule has 0 bridgehead atoms. The van der Waals surface area contributed by atoms with Gasteiger partial charge in [0.25, 0.3) is 0 Å². The molecule has 9 N–H and O–H groups in total. The number of ether oxygens (including phenoxy) is 3. The number of aliphatic hydroxyl groups is 1. The number of benzene rings is 3. The largest absolute Gasteiger partial charge is 0.504 e. The van der Waals surface area contributed by atoms with E-state index in [1.807, 2.05) is 6.92 Å². The SMILES string of the molecule is CCCOc1cc(N)ccc1C(=O)OCCN(CC)CC.CCN(CC)CCOC(=O)c1ccc(N)cc1.C[C@H](N)[C@H](O)c1ccc(O)c(O)c1.Cl.Cl. The molecule has 3 aromatic carbocycles. The summed E-state index contributed by atoms with van der Waals surface area (Å²) in [6.07, 6.45) is 0.0390. The summed E-state index contributed by atoms with van der Waals surface area (Å²) in [7, 11) is 0. The molecule has 0 aromatic heterocycles. The number of hydrogen-bond acceptors (Lipinski definition) is 13. The molecule has 0 aliphatic carbocycles. The van der Waals surface area contributed by atoms with Crippen molar-refractivity contribution in [2.75, 3.05) is 70.6 Å². The van der Waals surface area contributed by atoms with Crippen LogP contribution in [0.5, 0.6) is 17.2 Å². The summed E-state index contributed by atoms with van der Waals surface area (Å²) in [5.74, 6) is -0.632. The van der Waals surface area contributed by atoms with Gasteiger partial charge in [-0.05, 0) is 93.6 Å². The zero-order valence-electron chi connectivity index (χ0n) is 31.8. The fraction of sp³-hybridized carbons (Fsp3) is 0.474. The lowest BCUT2D eigenvalue weighted by molar-refractivity contribution is 0.0455. The number of esters is 2. The summed E-state index contributed by atoms with van der Waals surface area (Å²) in [4.78, 5) is 28.2. The maximum absolute atomic E-state index is 12.1. The molecule has 53 heavy (non-hydrogen) atoms. The Morgan fingerprint density at radius 1 is 0.698 bits per heavy atom. The molecule has 3 rings (SSSR count).